The summed E-state index contributed by atoms with van der Waals surface area (Å²) in [6.45, 7) is 6.53. The van der Waals surface area contributed by atoms with Gasteiger partial charge in [-0.05, 0) is 31.2 Å². The third-order valence-electron chi connectivity index (χ3n) is 3.06. The number of ketones is 1. The van der Waals surface area contributed by atoms with Crippen molar-refractivity contribution in [2.45, 2.75) is 20.1 Å². The minimum atomic E-state index is -0.802. The van der Waals surface area contributed by atoms with Crippen molar-refractivity contribution in [2.24, 2.45) is 0 Å². The third-order valence-corrected chi connectivity index (χ3v) is 3.06. The first kappa shape index (κ1) is 17.4. The monoisotopic (exact) mass is 326 g/mol. The molecule has 0 aliphatic carbocycles. The fraction of sp³-hybridized carbons (Fsp3) is 0.158. The first-order chi connectivity index (χ1) is 11.5. The molecule has 1 atom stereocenters. The van der Waals surface area contributed by atoms with E-state index in [-0.39, 0.29) is 11.4 Å². The van der Waals surface area contributed by atoms with Crippen molar-refractivity contribution in [2.75, 3.05) is 0 Å². The van der Waals surface area contributed by atoms with Crippen molar-refractivity contribution in [3.05, 3.63) is 77.9 Å². The number of carbonyl (C=O) groups is 2. The van der Waals surface area contributed by atoms with Gasteiger partial charge in [-0.1, -0.05) is 36.9 Å². The molecule has 2 aromatic rings. The van der Waals surface area contributed by atoms with Crippen LogP contribution in [-0.2, 0) is 14.6 Å². The number of benzene rings is 2. The molecular weight excluding hydrogens is 308 g/mol. The molecule has 5 heteroatoms. The van der Waals surface area contributed by atoms with Crippen molar-refractivity contribution in [3.8, 4) is 5.75 Å². The van der Waals surface area contributed by atoms with Gasteiger partial charge in [-0.15, -0.1) is 4.89 Å². The van der Waals surface area contributed by atoms with Crippen molar-refractivity contribution in [1.29, 1.82) is 0 Å². The van der Waals surface area contributed by atoms with Gasteiger partial charge in [0.1, 0.15) is 5.75 Å². The molecule has 0 heterocycles. The Morgan fingerprint density at radius 1 is 0.958 bits per heavy atom. The van der Waals surface area contributed by atoms with Gasteiger partial charge < -0.3 is 4.74 Å². The summed E-state index contributed by atoms with van der Waals surface area (Å²) >= 11 is 0. The number of carbonyl (C=O) groups excluding carboxylic acids is 2. The summed E-state index contributed by atoms with van der Waals surface area (Å²) in [5.41, 5.74) is 1.40. The molecule has 5 nitrogen and oxygen atoms in total. The summed E-state index contributed by atoms with van der Waals surface area (Å²) < 4.78 is 5.44. The zero-order chi connectivity index (χ0) is 17.5. The zero-order valence-electron chi connectivity index (χ0n) is 13.5. The lowest BCUT2D eigenvalue weighted by atomic mass is 10.0. The summed E-state index contributed by atoms with van der Waals surface area (Å²) in [7, 11) is 0. The highest BCUT2D eigenvalue weighted by Gasteiger charge is 2.12. The highest BCUT2D eigenvalue weighted by molar-refractivity contribution is 6.08. The van der Waals surface area contributed by atoms with Gasteiger partial charge in [0.25, 0.3) is 0 Å². The molecule has 0 radical (unpaired) electrons. The maximum atomic E-state index is 12.3. The van der Waals surface area contributed by atoms with Crippen LogP contribution in [0.1, 0.15) is 29.8 Å². The van der Waals surface area contributed by atoms with Gasteiger partial charge in [-0.3, -0.25) is 9.68 Å². The number of ether oxygens (including phenoxy) is 1. The van der Waals surface area contributed by atoms with Crippen molar-refractivity contribution < 1.29 is 24.1 Å². The second-order valence-corrected chi connectivity index (χ2v) is 5.15. The molecule has 2 rings (SSSR count). The lowest BCUT2D eigenvalue weighted by molar-refractivity contribution is -0.327. The molecule has 0 amide bonds. The molecule has 2 aromatic carbocycles. The molecule has 0 bridgehead atoms. The van der Waals surface area contributed by atoms with Gasteiger partial charge in [-0.25, -0.2) is 4.79 Å². The molecule has 24 heavy (non-hydrogen) atoms. The molecule has 0 fully saturated rings. The van der Waals surface area contributed by atoms with Crippen LogP contribution in [0, 0.1) is 0 Å². The van der Waals surface area contributed by atoms with E-state index in [1.165, 1.54) is 6.92 Å². The third kappa shape index (κ3) is 4.79. The van der Waals surface area contributed by atoms with Gasteiger partial charge in [0.05, 0.1) is 0 Å². The van der Waals surface area contributed by atoms with Crippen molar-refractivity contribution in [3.63, 3.8) is 0 Å². The maximum absolute atomic E-state index is 12.3. The van der Waals surface area contributed by atoms with E-state index in [9.17, 15) is 9.59 Å². The van der Waals surface area contributed by atoms with Gasteiger partial charge in [-0.2, -0.15) is 0 Å². The first-order valence-electron chi connectivity index (χ1n) is 7.37. The maximum Gasteiger partial charge on any atom is 0.368 e. The second kappa shape index (κ2) is 8.08. The molecule has 0 saturated carbocycles. The van der Waals surface area contributed by atoms with Gasteiger partial charge >= 0.3 is 5.97 Å². The second-order valence-electron chi connectivity index (χ2n) is 5.15. The molecule has 0 aromatic heterocycles. The van der Waals surface area contributed by atoms with E-state index in [2.05, 4.69) is 11.5 Å². The minimum Gasteiger partial charge on any atom is -0.461 e. The Morgan fingerprint density at radius 3 is 2.12 bits per heavy atom. The van der Waals surface area contributed by atoms with Crippen LogP contribution in [0.25, 0.3) is 0 Å². The number of rotatable bonds is 7. The minimum absolute atomic E-state index is 0.0677. The fourth-order valence-corrected chi connectivity index (χ4v) is 1.83. The summed E-state index contributed by atoms with van der Waals surface area (Å²) in [6, 6.07) is 15.6. The Labute approximate surface area is 140 Å². The van der Waals surface area contributed by atoms with E-state index in [1.807, 2.05) is 18.2 Å². The van der Waals surface area contributed by atoms with E-state index < -0.39 is 12.3 Å². The lowest BCUT2D eigenvalue weighted by Crippen LogP contribution is -2.19. The van der Waals surface area contributed by atoms with E-state index in [1.54, 1.807) is 43.3 Å². The SMILES string of the molecule is C=C(C)C(=O)OOC(C)Oc1ccc(C(=O)c2ccccc2)cc1. The summed E-state index contributed by atoms with van der Waals surface area (Å²) in [5.74, 6) is -0.241. The van der Waals surface area contributed by atoms with Crippen molar-refractivity contribution in [1.82, 2.24) is 0 Å². The van der Waals surface area contributed by atoms with Crippen LogP contribution in [0.2, 0.25) is 0 Å². The topological polar surface area (TPSA) is 61.8 Å². The van der Waals surface area contributed by atoms with Crippen LogP contribution in [-0.4, -0.2) is 18.0 Å². The largest absolute Gasteiger partial charge is 0.461 e. The summed E-state index contributed by atoms with van der Waals surface area (Å²) in [5, 5.41) is 0. The first-order valence-corrected chi connectivity index (χ1v) is 7.37. The van der Waals surface area contributed by atoms with Gasteiger partial charge in [0.2, 0.25) is 6.29 Å². The van der Waals surface area contributed by atoms with E-state index in [0.29, 0.717) is 16.9 Å². The zero-order valence-corrected chi connectivity index (χ0v) is 13.5. The predicted octanol–water partition coefficient (Wildman–Crippen LogP) is 3.69. The van der Waals surface area contributed by atoms with Crippen LogP contribution in [0.3, 0.4) is 0 Å². The Balaban J connectivity index is 1.93. The number of hydrogen-bond acceptors (Lipinski definition) is 5. The standard InChI is InChI=1S/C19H18O5/c1-13(2)19(21)24-23-14(3)22-17-11-9-16(10-12-17)18(20)15-7-5-4-6-8-15/h4-12,14H,1H2,2-3H3. The lowest BCUT2D eigenvalue weighted by Gasteiger charge is -2.13. The van der Waals surface area contributed by atoms with Gasteiger partial charge in [0, 0.05) is 23.6 Å². The van der Waals surface area contributed by atoms with Gasteiger partial charge in [0.15, 0.2) is 5.78 Å². The Bertz CT molecular complexity index is 719. The normalized spacial score (nSPS) is 11.4. The molecule has 1 unspecified atom stereocenters. The highest BCUT2D eigenvalue weighted by atomic mass is 17.2. The van der Waals surface area contributed by atoms with Crippen LogP contribution in [0.15, 0.2) is 66.7 Å². The van der Waals surface area contributed by atoms with Crippen LogP contribution in [0.4, 0.5) is 0 Å². The van der Waals surface area contributed by atoms with Crippen LogP contribution in [0.5, 0.6) is 5.75 Å². The average molecular weight is 326 g/mol. The quantitative estimate of drug-likeness (QED) is 0.255. The molecule has 0 aliphatic rings. The van der Waals surface area contributed by atoms with E-state index in [0.717, 1.165) is 0 Å². The summed E-state index contributed by atoms with van der Waals surface area (Å²) in [4.78, 5) is 32.9. The molecule has 0 aliphatic heterocycles. The molecule has 0 N–H and O–H groups in total. The fourth-order valence-electron chi connectivity index (χ4n) is 1.83. The molecule has 0 saturated heterocycles. The van der Waals surface area contributed by atoms with E-state index >= 15 is 0 Å². The predicted molar refractivity (Wildman–Crippen MR) is 88.4 cm³/mol. The number of hydrogen-bond donors (Lipinski definition) is 0. The highest BCUT2D eigenvalue weighted by Crippen LogP contribution is 2.17. The Hall–Kier alpha value is -2.92. The molecular formula is C19H18O5. The average Bonchev–Trinajstić information content (AvgIpc) is 2.60. The smallest absolute Gasteiger partial charge is 0.368 e. The molecule has 0 spiro atoms. The Morgan fingerprint density at radius 2 is 1.54 bits per heavy atom. The van der Waals surface area contributed by atoms with Crippen LogP contribution < -0.4 is 4.74 Å². The van der Waals surface area contributed by atoms with E-state index in [4.69, 9.17) is 9.62 Å². The molecule has 124 valence electrons. The summed E-state index contributed by atoms with van der Waals surface area (Å²) in [6.07, 6.45) is -0.802. The van der Waals surface area contributed by atoms with Crippen molar-refractivity contribution >= 4 is 11.8 Å². The Kier molecular flexibility index (Phi) is 5.87. The van der Waals surface area contributed by atoms with Crippen LogP contribution >= 0.6 is 0 Å².